The molecule has 0 fully saturated rings. The molecule has 0 radical (unpaired) electrons. The highest BCUT2D eigenvalue weighted by molar-refractivity contribution is 6.10. The second kappa shape index (κ2) is 19.2. The van der Waals surface area contributed by atoms with E-state index in [2.05, 4.69) is 10.6 Å². The first kappa shape index (κ1) is 44.0. The lowest BCUT2D eigenvalue weighted by Gasteiger charge is -2.38. The number of hydrogen-bond donors (Lipinski definition) is 6. The summed E-state index contributed by atoms with van der Waals surface area (Å²) in [6.07, 6.45) is 0. The van der Waals surface area contributed by atoms with Gasteiger partial charge in [0.2, 0.25) is 0 Å². The molecule has 0 aromatic heterocycles. The van der Waals surface area contributed by atoms with Crippen LogP contribution in [0.15, 0.2) is 243 Å². The van der Waals surface area contributed by atoms with E-state index in [9.17, 15) is 20.4 Å². The maximum atomic E-state index is 13.2. The molecule has 0 saturated carbocycles. The van der Waals surface area contributed by atoms with Crippen LogP contribution in [0.4, 0.5) is 0 Å². The molecular weight excluding hydrogens is 837 g/mol. The zero-order chi connectivity index (χ0) is 46.5. The summed E-state index contributed by atoms with van der Waals surface area (Å²) >= 11 is 0. The molecule has 0 aliphatic rings. The van der Waals surface area contributed by atoms with Crippen molar-refractivity contribution in [3.05, 3.63) is 287 Å². The average Bonchev–Trinajstić information content (AvgIpc) is 3.41. The van der Waals surface area contributed by atoms with Crippen LogP contribution in [0, 0.1) is 0 Å². The smallest absolute Gasteiger partial charge is 0.134 e. The van der Waals surface area contributed by atoms with Crippen LogP contribution in [0.25, 0.3) is 32.7 Å². The van der Waals surface area contributed by atoms with Gasteiger partial charge in [0.1, 0.15) is 22.7 Å². The Kier molecular flexibility index (Phi) is 12.4. The first-order valence-corrected chi connectivity index (χ1v) is 23.1. The minimum atomic E-state index is -1.51. The van der Waals surface area contributed by atoms with Crippen LogP contribution >= 0.6 is 0 Å². The first-order valence-electron chi connectivity index (χ1n) is 23.1. The van der Waals surface area contributed by atoms with Gasteiger partial charge in [-0.1, -0.05) is 231 Å². The monoisotopic (exact) mass is 888 g/mol. The molecule has 2 atom stereocenters. The molecule has 0 aliphatic heterocycles. The summed E-state index contributed by atoms with van der Waals surface area (Å²) in [5.41, 5.74) is 3.77. The molecule has 10 rings (SSSR count). The molecule has 0 unspecified atom stereocenters. The lowest BCUT2D eigenvalue weighted by molar-refractivity contribution is 0.0351. The van der Waals surface area contributed by atoms with E-state index in [0.717, 1.165) is 54.9 Å². The maximum absolute atomic E-state index is 13.2. The van der Waals surface area contributed by atoms with E-state index in [0.29, 0.717) is 22.3 Å². The molecule has 10 aromatic carbocycles. The van der Waals surface area contributed by atoms with Gasteiger partial charge in [-0.3, -0.25) is 0 Å². The highest BCUT2D eigenvalue weighted by Gasteiger charge is 2.43. The standard InChI is InChI=1S/C62H52N2O4/c65-57-47(41-63-59(43-23-7-1-8-24-43)61(67,49-29-11-3-12-30-49)50-31-13-4-14-32-50)39-45-27-19-21-37-53(45)55(57)56-54-38-22-20-28-46(54)40-48(58(56)66)42-64-60(44-25-9-2-10-26-44)62(68,51-33-15-5-16-34-51)52-35-17-6-18-36-52/h1-40,59-60,63-68H,41-42H2/t59-,60-/m0/s1. The molecule has 0 amide bonds. The van der Waals surface area contributed by atoms with Crippen molar-refractivity contribution >= 4 is 21.5 Å². The van der Waals surface area contributed by atoms with Gasteiger partial charge in [0.15, 0.2) is 0 Å². The van der Waals surface area contributed by atoms with E-state index < -0.39 is 23.3 Å². The Morgan fingerprint density at radius 1 is 0.338 bits per heavy atom. The summed E-state index contributed by atoms with van der Waals surface area (Å²) in [7, 11) is 0. The lowest BCUT2D eigenvalue weighted by Crippen LogP contribution is -2.42. The third kappa shape index (κ3) is 8.21. The van der Waals surface area contributed by atoms with Crippen molar-refractivity contribution in [2.24, 2.45) is 0 Å². The van der Waals surface area contributed by atoms with E-state index in [1.807, 2.05) is 243 Å². The molecular formula is C62H52N2O4. The van der Waals surface area contributed by atoms with Gasteiger partial charge in [0, 0.05) is 35.3 Å². The third-order valence-electron chi connectivity index (χ3n) is 13.4. The first-order chi connectivity index (χ1) is 33.4. The van der Waals surface area contributed by atoms with Crippen molar-refractivity contribution < 1.29 is 20.4 Å². The number of aromatic hydroxyl groups is 2. The number of aliphatic hydroxyl groups is 2. The summed E-state index contributed by atoms with van der Waals surface area (Å²) in [6.45, 7) is 0.336. The summed E-state index contributed by atoms with van der Waals surface area (Å²) in [4.78, 5) is 0. The number of phenols is 2. The molecule has 0 saturated heterocycles. The molecule has 10 aromatic rings. The molecule has 0 aliphatic carbocycles. The largest absolute Gasteiger partial charge is 0.507 e. The van der Waals surface area contributed by atoms with E-state index in [-0.39, 0.29) is 24.6 Å². The fourth-order valence-electron chi connectivity index (χ4n) is 10.1. The van der Waals surface area contributed by atoms with Crippen molar-refractivity contribution in [1.82, 2.24) is 10.6 Å². The maximum Gasteiger partial charge on any atom is 0.134 e. The van der Waals surface area contributed by atoms with Crippen LogP contribution < -0.4 is 10.6 Å². The van der Waals surface area contributed by atoms with Crippen molar-refractivity contribution in [2.75, 3.05) is 0 Å². The van der Waals surface area contributed by atoms with Crippen LogP contribution in [0.1, 0.15) is 56.6 Å². The van der Waals surface area contributed by atoms with Gasteiger partial charge in [0.05, 0.1) is 12.1 Å². The zero-order valence-electron chi connectivity index (χ0n) is 37.5. The Morgan fingerprint density at radius 2 is 0.603 bits per heavy atom. The molecule has 6 nitrogen and oxygen atoms in total. The molecule has 68 heavy (non-hydrogen) atoms. The van der Waals surface area contributed by atoms with Crippen LogP contribution in [0.3, 0.4) is 0 Å². The lowest BCUT2D eigenvalue weighted by atomic mass is 9.77. The Labute approximate surface area is 397 Å². The number of phenolic OH excluding ortho intramolecular Hbond substituents is 2. The van der Waals surface area contributed by atoms with Crippen molar-refractivity contribution in [1.29, 1.82) is 0 Å². The predicted molar refractivity (Wildman–Crippen MR) is 274 cm³/mol. The molecule has 6 N–H and O–H groups in total. The third-order valence-corrected chi connectivity index (χ3v) is 13.4. The Bertz CT molecular complexity index is 2980. The SMILES string of the molecule is Oc1c(CN[C@@H](c2ccccc2)C(O)(c2ccccc2)c2ccccc2)cc2ccccc2c1-c1c(O)c(CN[C@@H](c2ccccc2)C(O)(c2ccccc2)c2ccccc2)cc2ccccc12. The number of nitrogens with one attached hydrogen (secondary N) is 2. The molecule has 334 valence electrons. The normalized spacial score (nSPS) is 12.8. The van der Waals surface area contributed by atoms with Gasteiger partial charge in [0.25, 0.3) is 0 Å². The summed E-state index contributed by atoms with van der Waals surface area (Å²) in [6, 6.07) is 77.0. The van der Waals surface area contributed by atoms with E-state index in [1.54, 1.807) is 0 Å². The van der Waals surface area contributed by atoms with Gasteiger partial charge >= 0.3 is 0 Å². The van der Waals surface area contributed by atoms with Crippen molar-refractivity contribution in [2.45, 2.75) is 36.4 Å². The summed E-state index contributed by atoms with van der Waals surface area (Å²) in [5.74, 6) is 0.0301. The highest BCUT2D eigenvalue weighted by Crippen LogP contribution is 2.49. The molecule has 0 bridgehead atoms. The van der Waals surface area contributed by atoms with Crippen molar-refractivity contribution in [3.63, 3.8) is 0 Å². The summed E-state index contributed by atoms with van der Waals surface area (Å²) < 4.78 is 0. The predicted octanol–water partition coefficient (Wildman–Crippen LogP) is 12.6. The molecule has 0 spiro atoms. The number of fused-ring (bicyclic) bond motifs is 2. The highest BCUT2D eigenvalue weighted by atomic mass is 16.3. The van der Waals surface area contributed by atoms with Gasteiger partial charge < -0.3 is 31.1 Å². The minimum Gasteiger partial charge on any atom is -0.507 e. The van der Waals surface area contributed by atoms with E-state index in [1.165, 1.54) is 0 Å². The quantitative estimate of drug-likeness (QED) is 0.0613. The Balaban J connectivity index is 1.10. The second-order valence-corrected chi connectivity index (χ2v) is 17.4. The van der Waals surface area contributed by atoms with E-state index >= 15 is 0 Å². The zero-order valence-corrected chi connectivity index (χ0v) is 37.5. The minimum absolute atomic E-state index is 0.0150. The van der Waals surface area contributed by atoms with Gasteiger partial charge in [-0.2, -0.15) is 0 Å². The number of rotatable bonds is 15. The van der Waals surface area contributed by atoms with Gasteiger partial charge in [-0.15, -0.1) is 0 Å². The second-order valence-electron chi connectivity index (χ2n) is 17.4. The van der Waals surface area contributed by atoms with Crippen LogP contribution in [-0.4, -0.2) is 20.4 Å². The fourth-order valence-corrected chi connectivity index (χ4v) is 10.1. The fraction of sp³-hybridized carbons (Fsp3) is 0.0968. The van der Waals surface area contributed by atoms with Gasteiger partial charge in [-0.05, 0) is 67.1 Å². The molecule has 6 heteroatoms. The Morgan fingerprint density at radius 3 is 0.912 bits per heavy atom. The number of benzene rings is 10. The summed E-state index contributed by atoms with van der Waals surface area (Å²) in [5, 5.41) is 62.7. The topological polar surface area (TPSA) is 105 Å². The van der Waals surface area contributed by atoms with E-state index in [4.69, 9.17) is 0 Å². The Hall–Kier alpha value is -7.84. The van der Waals surface area contributed by atoms with Crippen LogP contribution in [0.5, 0.6) is 11.5 Å². The van der Waals surface area contributed by atoms with Crippen LogP contribution in [-0.2, 0) is 24.3 Å². The van der Waals surface area contributed by atoms with Crippen LogP contribution in [0.2, 0.25) is 0 Å². The molecule has 0 heterocycles. The van der Waals surface area contributed by atoms with Crippen molar-refractivity contribution in [3.8, 4) is 22.6 Å². The van der Waals surface area contributed by atoms with Gasteiger partial charge in [-0.25, -0.2) is 0 Å². The average molecular weight is 889 g/mol. The number of hydrogen-bond acceptors (Lipinski definition) is 6.